The molecular formula is C80H153NO5. The molecular weight excluding hydrogens is 1050 g/mol. The van der Waals surface area contributed by atoms with Crippen molar-refractivity contribution in [1.82, 2.24) is 5.32 Å². The Hall–Kier alpha value is -1.92. The van der Waals surface area contributed by atoms with Crippen LogP contribution in [0.5, 0.6) is 0 Å². The fraction of sp³-hybridized carbons (Fsp3) is 0.900. The van der Waals surface area contributed by atoms with Gasteiger partial charge in [-0.25, -0.2) is 0 Å². The third kappa shape index (κ3) is 71.2. The van der Waals surface area contributed by atoms with Crippen LogP contribution in [0.2, 0.25) is 0 Å². The molecule has 0 fully saturated rings. The summed E-state index contributed by atoms with van der Waals surface area (Å²) in [5.41, 5.74) is 0. The molecule has 0 saturated carbocycles. The van der Waals surface area contributed by atoms with Crippen LogP contribution in [0.4, 0.5) is 0 Å². The van der Waals surface area contributed by atoms with Gasteiger partial charge in [-0.15, -0.1) is 0 Å². The van der Waals surface area contributed by atoms with Crippen LogP contribution in [-0.2, 0) is 14.3 Å². The molecule has 0 aliphatic rings. The van der Waals surface area contributed by atoms with Crippen LogP contribution in [0, 0.1) is 0 Å². The van der Waals surface area contributed by atoms with Gasteiger partial charge in [0.15, 0.2) is 0 Å². The molecule has 0 aromatic heterocycles. The molecule has 2 atom stereocenters. The van der Waals surface area contributed by atoms with Gasteiger partial charge in [0.2, 0.25) is 5.91 Å². The Labute approximate surface area is 538 Å². The number of nitrogens with one attached hydrogen (secondary N) is 1. The minimum Gasteiger partial charge on any atom is -0.466 e. The minimum atomic E-state index is -0.843. The maximum Gasteiger partial charge on any atom is 0.305 e. The highest BCUT2D eigenvalue weighted by Crippen LogP contribution is 2.19. The Balaban J connectivity index is 3.37. The Morgan fingerprint density at radius 1 is 0.314 bits per heavy atom. The van der Waals surface area contributed by atoms with Crippen molar-refractivity contribution in [3.63, 3.8) is 0 Å². The number of carbonyl (C=O) groups excluding carboxylic acids is 2. The molecule has 0 aliphatic carbocycles. The summed E-state index contributed by atoms with van der Waals surface area (Å²) in [6.45, 7) is 4.92. The number of allylic oxidation sites excluding steroid dienone is 5. The van der Waals surface area contributed by atoms with Gasteiger partial charge in [0, 0.05) is 12.8 Å². The molecule has 3 N–H and O–H groups in total. The van der Waals surface area contributed by atoms with E-state index in [0.29, 0.717) is 19.4 Å². The Kier molecular flexibility index (Phi) is 73.9. The van der Waals surface area contributed by atoms with Gasteiger partial charge in [-0.1, -0.05) is 378 Å². The summed E-state index contributed by atoms with van der Waals surface area (Å²) in [6.07, 6.45) is 98.4. The van der Waals surface area contributed by atoms with Crippen molar-refractivity contribution in [1.29, 1.82) is 0 Å². The molecule has 0 aromatic carbocycles. The summed E-state index contributed by atoms with van der Waals surface area (Å²) >= 11 is 0. The fourth-order valence-corrected chi connectivity index (χ4v) is 12.4. The first-order valence-corrected chi connectivity index (χ1v) is 39.3. The first-order chi connectivity index (χ1) is 42.5. The zero-order valence-electron chi connectivity index (χ0n) is 58.3. The quantitative estimate of drug-likeness (QED) is 0.0320. The second kappa shape index (κ2) is 75.5. The number of ether oxygens (including phenoxy) is 1. The molecule has 0 rings (SSSR count). The second-order valence-electron chi connectivity index (χ2n) is 27.0. The Bertz CT molecular complexity index is 1390. The third-order valence-electron chi connectivity index (χ3n) is 18.4. The van der Waals surface area contributed by atoms with Crippen LogP contribution in [0.15, 0.2) is 36.5 Å². The monoisotopic (exact) mass is 1210 g/mol. The van der Waals surface area contributed by atoms with Crippen molar-refractivity contribution in [2.75, 3.05) is 13.2 Å². The molecule has 508 valence electrons. The van der Waals surface area contributed by atoms with E-state index in [1.54, 1.807) is 6.08 Å². The van der Waals surface area contributed by atoms with Crippen molar-refractivity contribution in [3.8, 4) is 0 Å². The fourth-order valence-electron chi connectivity index (χ4n) is 12.4. The molecule has 0 heterocycles. The lowest BCUT2D eigenvalue weighted by atomic mass is 10.0. The largest absolute Gasteiger partial charge is 0.466 e. The summed E-state index contributed by atoms with van der Waals surface area (Å²) in [4.78, 5) is 24.6. The number of amides is 1. The molecule has 6 nitrogen and oxygen atoms in total. The van der Waals surface area contributed by atoms with Gasteiger partial charge in [0.05, 0.1) is 25.4 Å². The van der Waals surface area contributed by atoms with Crippen molar-refractivity contribution in [2.45, 2.75) is 450 Å². The molecule has 0 spiro atoms. The van der Waals surface area contributed by atoms with Gasteiger partial charge < -0.3 is 20.3 Å². The highest BCUT2D eigenvalue weighted by Gasteiger charge is 2.18. The van der Waals surface area contributed by atoms with E-state index < -0.39 is 12.1 Å². The molecule has 0 aromatic rings. The molecule has 2 unspecified atom stereocenters. The van der Waals surface area contributed by atoms with E-state index in [-0.39, 0.29) is 18.5 Å². The molecule has 0 aliphatic heterocycles. The van der Waals surface area contributed by atoms with Crippen LogP contribution in [0.25, 0.3) is 0 Å². The van der Waals surface area contributed by atoms with E-state index in [0.717, 1.165) is 44.9 Å². The normalized spacial score (nSPS) is 12.7. The van der Waals surface area contributed by atoms with E-state index >= 15 is 0 Å². The van der Waals surface area contributed by atoms with Crippen LogP contribution in [-0.4, -0.2) is 47.4 Å². The lowest BCUT2D eigenvalue weighted by molar-refractivity contribution is -0.143. The number of rotatable bonds is 74. The lowest BCUT2D eigenvalue weighted by Gasteiger charge is -2.20. The van der Waals surface area contributed by atoms with E-state index in [1.807, 2.05) is 6.08 Å². The first kappa shape index (κ1) is 84.1. The van der Waals surface area contributed by atoms with Gasteiger partial charge in [0.1, 0.15) is 0 Å². The Morgan fingerprint density at radius 3 is 0.849 bits per heavy atom. The number of aliphatic hydroxyl groups is 2. The average molecular weight is 1210 g/mol. The van der Waals surface area contributed by atoms with Crippen LogP contribution >= 0.6 is 0 Å². The topological polar surface area (TPSA) is 95.9 Å². The molecule has 0 saturated heterocycles. The third-order valence-corrected chi connectivity index (χ3v) is 18.4. The van der Waals surface area contributed by atoms with Crippen LogP contribution < -0.4 is 5.32 Å². The summed E-state index contributed by atoms with van der Waals surface area (Å²) in [5, 5.41) is 23.3. The summed E-state index contributed by atoms with van der Waals surface area (Å²) in [7, 11) is 0. The highest BCUT2D eigenvalue weighted by atomic mass is 16.5. The molecule has 6 heteroatoms. The van der Waals surface area contributed by atoms with Crippen LogP contribution in [0.3, 0.4) is 0 Å². The van der Waals surface area contributed by atoms with Crippen molar-refractivity contribution in [2.24, 2.45) is 0 Å². The van der Waals surface area contributed by atoms with Crippen molar-refractivity contribution in [3.05, 3.63) is 36.5 Å². The minimum absolute atomic E-state index is 0.0104. The van der Waals surface area contributed by atoms with Gasteiger partial charge in [-0.2, -0.15) is 0 Å². The van der Waals surface area contributed by atoms with Crippen molar-refractivity contribution >= 4 is 11.9 Å². The van der Waals surface area contributed by atoms with E-state index in [2.05, 4.69) is 43.5 Å². The smallest absolute Gasteiger partial charge is 0.305 e. The maximum atomic E-state index is 12.5. The summed E-state index contributed by atoms with van der Waals surface area (Å²) in [6, 6.07) is -0.626. The number of hydrogen-bond donors (Lipinski definition) is 3. The predicted molar refractivity (Wildman–Crippen MR) is 379 cm³/mol. The summed E-state index contributed by atoms with van der Waals surface area (Å²) in [5.74, 6) is -0.0494. The SMILES string of the molecule is CCCCC/C=C\CCCCCCCC(=O)OCCCCCCCCCCCCCCCC/C=C\CCCCCCCCCCCCCCCCCCCC(=O)NC(CO)C(O)/C=C/CCCCCCCCCCCCCCCCCCCCCC. The summed E-state index contributed by atoms with van der Waals surface area (Å²) < 4.78 is 5.48. The second-order valence-corrected chi connectivity index (χ2v) is 27.0. The zero-order chi connectivity index (χ0) is 62.0. The first-order valence-electron chi connectivity index (χ1n) is 39.3. The maximum absolute atomic E-state index is 12.5. The number of unbranched alkanes of at least 4 members (excludes halogenated alkanes) is 59. The van der Waals surface area contributed by atoms with Gasteiger partial charge >= 0.3 is 5.97 Å². The lowest BCUT2D eigenvalue weighted by Crippen LogP contribution is -2.45. The predicted octanol–water partition coefficient (Wildman–Crippen LogP) is 25.8. The molecule has 0 radical (unpaired) electrons. The molecule has 0 bridgehead atoms. The highest BCUT2D eigenvalue weighted by molar-refractivity contribution is 5.76. The zero-order valence-corrected chi connectivity index (χ0v) is 58.3. The molecule has 1 amide bonds. The van der Waals surface area contributed by atoms with E-state index in [9.17, 15) is 19.8 Å². The number of aliphatic hydroxyl groups excluding tert-OH is 2. The van der Waals surface area contributed by atoms with E-state index in [4.69, 9.17) is 4.74 Å². The van der Waals surface area contributed by atoms with Gasteiger partial charge in [-0.3, -0.25) is 9.59 Å². The number of carbonyl (C=O) groups is 2. The standard InChI is InChI=1S/C80H153NO5/c1-3-5-7-9-11-13-15-17-18-19-20-21-37-40-43-46-49-52-56-60-64-68-72-78(83)77(76-82)81-79(84)73-69-65-61-57-53-50-47-44-41-38-35-33-31-29-27-25-23-22-24-26-28-30-32-34-36-39-42-45-48-51-55-59-63-67-71-75-86-80(85)74-70-66-62-58-54-16-14-12-10-8-6-4-2/h12,14,24,26,68,72,77-78,82-83H,3-11,13,15-23,25,27-67,69-71,73-76H2,1-2H3,(H,81,84)/b14-12-,26-24-,72-68+. The Morgan fingerprint density at radius 2 is 0.547 bits per heavy atom. The van der Waals surface area contributed by atoms with Crippen LogP contribution in [0.1, 0.15) is 438 Å². The number of esters is 1. The number of hydrogen-bond acceptors (Lipinski definition) is 5. The van der Waals surface area contributed by atoms with Gasteiger partial charge in [-0.05, 0) is 83.5 Å². The van der Waals surface area contributed by atoms with Crippen molar-refractivity contribution < 1.29 is 24.5 Å². The average Bonchev–Trinajstić information content (AvgIpc) is 3.54. The van der Waals surface area contributed by atoms with E-state index in [1.165, 1.54) is 366 Å². The van der Waals surface area contributed by atoms with Gasteiger partial charge in [0.25, 0.3) is 0 Å². The molecule has 86 heavy (non-hydrogen) atoms.